The molecule has 1 heterocycles. The van der Waals surface area contributed by atoms with Crippen LogP contribution in [0.2, 0.25) is 5.02 Å². The van der Waals surface area contributed by atoms with Gasteiger partial charge in [-0.25, -0.2) is 14.1 Å². The number of carbonyl (C=O) groups excluding carboxylic acids is 3. The van der Waals surface area contributed by atoms with Crippen molar-refractivity contribution in [3.05, 3.63) is 29.0 Å². The van der Waals surface area contributed by atoms with Crippen LogP contribution in [0.5, 0.6) is 0 Å². The number of imide groups is 2. The molecule has 2 rings (SSSR count). The number of amides is 4. The molecule has 1 aliphatic rings. The summed E-state index contributed by atoms with van der Waals surface area (Å²) >= 11 is 5.55. The molecule has 1 N–H and O–H groups in total. The first-order chi connectivity index (χ1) is 7.99. The molecule has 17 heavy (non-hydrogen) atoms. The van der Waals surface area contributed by atoms with E-state index in [1.807, 2.05) is 5.32 Å². The van der Waals surface area contributed by atoms with Crippen LogP contribution < -0.4 is 10.2 Å². The van der Waals surface area contributed by atoms with Crippen LogP contribution in [0.1, 0.15) is 6.42 Å². The molecule has 5 nitrogen and oxygen atoms in total. The predicted octanol–water partition coefficient (Wildman–Crippen LogP) is 1.45. The summed E-state index contributed by atoms with van der Waals surface area (Å²) in [5, 5.41) is 1.77. The quantitative estimate of drug-likeness (QED) is 0.774. The van der Waals surface area contributed by atoms with E-state index in [1.54, 1.807) is 0 Å². The average molecular weight is 257 g/mol. The molecule has 0 aromatic heterocycles. The molecule has 0 bridgehead atoms. The Labute approximate surface area is 100 Å². The minimum atomic E-state index is -0.867. The smallest absolute Gasteiger partial charge is 0.277 e. The lowest BCUT2D eigenvalue weighted by Crippen LogP contribution is -2.52. The predicted molar refractivity (Wildman–Crippen MR) is 57.1 cm³/mol. The molecule has 1 fully saturated rings. The summed E-state index contributed by atoms with van der Waals surface area (Å²) in [5.41, 5.74) is 0.117. The first-order valence-electron chi connectivity index (χ1n) is 4.61. The fourth-order valence-corrected chi connectivity index (χ4v) is 1.61. The Morgan fingerprint density at radius 3 is 2.59 bits per heavy atom. The van der Waals surface area contributed by atoms with Crippen LogP contribution in [0.4, 0.5) is 14.9 Å². The number of nitrogens with one attached hydrogen (secondary N) is 1. The number of barbiturate groups is 1. The molecular weight excluding hydrogens is 251 g/mol. The second-order valence-corrected chi connectivity index (χ2v) is 3.76. The Hall–Kier alpha value is -1.95. The van der Waals surface area contributed by atoms with E-state index < -0.39 is 30.1 Å². The highest BCUT2D eigenvalue weighted by molar-refractivity contribution is 6.32. The van der Waals surface area contributed by atoms with E-state index in [9.17, 15) is 18.8 Å². The van der Waals surface area contributed by atoms with Gasteiger partial charge in [0, 0.05) is 0 Å². The molecular formula is C10H6ClFN2O3. The Morgan fingerprint density at radius 1 is 1.29 bits per heavy atom. The Kier molecular flexibility index (Phi) is 2.81. The average Bonchev–Trinajstić information content (AvgIpc) is 2.21. The standard InChI is InChI=1S/C10H6ClFN2O3/c11-6-3-5(1-2-7(6)12)14-9(16)4-8(15)13-10(14)17/h1-3H,4H2,(H,13,15,17). The van der Waals surface area contributed by atoms with Crippen molar-refractivity contribution < 1.29 is 18.8 Å². The molecule has 0 spiro atoms. The largest absolute Gasteiger partial charge is 0.335 e. The molecule has 1 saturated heterocycles. The highest BCUT2D eigenvalue weighted by Crippen LogP contribution is 2.24. The second kappa shape index (κ2) is 4.14. The van der Waals surface area contributed by atoms with Crippen LogP contribution >= 0.6 is 11.6 Å². The summed E-state index contributed by atoms with van der Waals surface area (Å²) in [6.07, 6.45) is -0.430. The van der Waals surface area contributed by atoms with Crippen molar-refractivity contribution in [3.8, 4) is 0 Å². The van der Waals surface area contributed by atoms with E-state index in [2.05, 4.69) is 0 Å². The lowest BCUT2D eigenvalue weighted by Gasteiger charge is -2.24. The zero-order valence-corrected chi connectivity index (χ0v) is 9.12. The third-order valence-electron chi connectivity index (χ3n) is 2.17. The minimum Gasteiger partial charge on any atom is -0.277 e. The number of nitrogens with zero attached hydrogens (tertiary/aromatic N) is 1. The van der Waals surface area contributed by atoms with E-state index in [-0.39, 0.29) is 10.7 Å². The van der Waals surface area contributed by atoms with Gasteiger partial charge in [-0.2, -0.15) is 0 Å². The van der Waals surface area contributed by atoms with Crippen molar-refractivity contribution in [2.45, 2.75) is 6.42 Å². The summed E-state index contributed by atoms with van der Waals surface area (Å²) in [5.74, 6) is -2.00. The van der Waals surface area contributed by atoms with Gasteiger partial charge in [0.1, 0.15) is 12.2 Å². The molecule has 1 aromatic rings. The number of rotatable bonds is 1. The van der Waals surface area contributed by atoms with Crippen molar-refractivity contribution in [3.63, 3.8) is 0 Å². The molecule has 0 saturated carbocycles. The van der Waals surface area contributed by atoms with Gasteiger partial charge < -0.3 is 0 Å². The molecule has 0 aliphatic carbocycles. The summed E-state index contributed by atoms with van der Waals surface area (Å²) < 4.78 is 12.9. The van der Waals surface area contributed by atoms with E-state index >= 15 is 0 Å². The zero-order valence-electron chi connectivity index (χ0n) is 8.37. The van der Waals surface area contributed by atoms with Gasteiger partial charge >= 0.3 is 6.03 Å². The highest BCUT2D eigenvalue weighted by atomic mass is 35.5. The van der Waals surface area contributed by atoms with Crippen molar-refractivity contribution in [2.75, 3.05) is 4.90 Å². The number of anilines is 1. The fraction of sp³-hybridized carbons (Fsp3) is 0.100. The minimum absolute atomic E-state index is 0.117. The monoisotopic (exact) mass is 256 g/mol. The zero-order chi connectivity index (χ0) is 12.6. The molecule has 0 unspecified atom stereocenters. The van der Waals surface area contributed by atoms with E-state index in [0.717, 1.165) is 17.0 Å². The Bertz CT molecular complexity index is 512. The van der Waals surface area contributed by atoms with Crippen LogP contribution in [-0.2, 0) is 9.59 Å². The summed E-state index contributed by atoms with van der Waals surface area (Å²) in [6.45, 7) is 0. The van der Waals surface area contributed by atoms with Crippen LogP contribution in [-0.4, -0.2) is 17.8 Å². The third-order valence-corrected chi connectivity index (χ3v) is 2.46. The molecule has 0 radical (unpaired) electrons. The topological polar surface area (TPSA) is 66.5 Å². The molecule has 7 heteroatoms. The number of hydrogen-bond donors (Lipinski definition) is 1. The lowest BCUT2D eigenvalue weighted by molar-refractivity contribution is -0.128. The Balaban J connectivity index is 2.38. The molecule has 88 valence electrons. The van der Waals surface area contributed by atoms with Gasteiger partial charge in [-0.3, -0.25) is 14.9 Å². The first-order valence-corrected chi connectivity index (χ1v) is 4.98. The number of hydrogen-bond acceptors (Lipinski definition) is 3. The van der Waals surface area contributed by atoms with Gasteiger partial charge in [-0.1, -0.05) is 11.6 Å². The van der Waals surface area contributed by atoms with Gasteiger partial charge in [0.15, 0.2) is 0 Å². The van der Waals surface area contributed by atoms with Gasteiger partial charge in [-0.15, -0.1) is 0 Å². The van der Waals surface area contributed by atoms with Crippen LogP contribution in [0.15, 0.2) is 18.2 Å². The summed E-state index contributed by atoms with van der Waals surface area (Å²) in [4.78, 5) is 34.6. The van der Waals surface area contributed by atoms with Gasteiger partial charge in [0.2, 0.25) is 11.8 Å². The normalized spacial score (nSPS) is 16.1. The van der Waals surface area contributed by atoms with Gasteiger partial charge in [0.05, 0.1) is 10.7 Å². The summed E-state index contributed by atoms with van der Waals surface area (Å²) in [7, 11) is 0. The second-order valence-electron chi connectivity index (χ2n) is 3.36. The molecule has 0 atom stereocenters. The maximum atomic E-state index is 12.9. The van der Waals surface area contributed by atoms with Crippen molar-refractivity contribution >= 4 is 35.1 Å². The highest BCUT2D eigenvalue weighted by Gasteiger charge is 2.32. The van der Waals surface area contributed by atoms with E-state index in [4.69, 9.17) is 11.6 Å². The molecule has 1 aliphatic heterocycles. The molecule has 4 amide bonds. The van der Waals surface area contributed by atoms with Crippen molar-refractivity contribution in [1.82, 2.24) is 5.32 Å². The van der Waals surface area contributed by atoms with Crippen LogP contribution in [0, 0.1) is 5.82 Å². The van der Waals surface area contributed by atoms with Crippen molar-refractivity contribution in [1.29, 1.82) is 0 Å². The van der Waals surface area contributed by atoms with Gasteiger partial charge in [0.25, 0.3) is 0 Å². The van der Waals surface area contributed by atoms with Crippen LogP contribution in [0.3, 0.4) is 0 Å². The summed E-state index contributed by atoms with van der Waals surface area (Å²) in [6, 6.07) is 2.54. The lowest BCUT2D eigenvalue weighted by atomic mass is 10.2. The van der Waals surface area contributed by atoms with E-state index in [0.29, 0.717) is 0 Å². The number of urea groups is 1. The van der Waals surface area contributed by atoms with Crippen LogP contribution in [0.25, 0.3) is 0 Å². The number of benzene rings is 1. The number of carbonyl (C=O) groups is 3. The SMILES string of the molecule is O=C1CC(=O)N(c2ccc(F)c(Cl)c2)C(=O)N1. The third kappa shape index (κ3) is 2.12. The maximum absolute atomic E-state index is 12.9. The number of halogens is 2. The van der Waals surface area contributed by atoms with Crippen molar-refractivity contribution in [2.24, 2.45) is 0 Å². The Morgan fingerprint density at radius 2 is 2.00 bits per heavy atom. The molecule has 1 aromatic carbocycles. The fourth-order valence-electron chi connectivity index (χ4n) is 1.43. The maximum Gasteiger partial charge on any atom is 0.335 e. The first kappa shape index (κ1) is 11.5. The van der Waals surface area contributed by atoms with E-state index in [1.165, 1.54) is 6.07 Å². The van der Waals surface area contributed by atoms with Gasteiger partial charge in [-0.05, 0) is 18.2 Å².